The van der Waals surface area contributed by atoms with E-state index in [0.29, 0.717) is 11.6 Å². The summed E-state index contributed by atoms with van der Waals surface area (Å²) in [6, 6.07) is 7.32. The SMILES string of the molecule is C#CCCCNCC(O)c1ccccc1Cl. The summed E-state index contributed by atoms with van der Waals surface area (Å²) in [5, 5.41) is 13.6. The van der Waals surface area contributed by atoms with E-state index in [0.717, 1.165) is 24.9 Å². The van der Waals surface area contributed by atoms with E-state index < -0.39 is 6.10 Å². The number of rotatable bonds is 6. The summed E-state index contributed by atoms with van der Waals surface area (Å²) >= 11 is 5.97. The van der Waals surface area contributed by atoms with Gasteiger partial charge in [0.25, 0.3) is 0 Å². The second-order valence-corrected chi connectivity index (χ2v) is 3.96. The molecule has 2 N–H and O–H groups in total. The van der Waals surface area contributed by atoms with Crippen LogP contribution in [0.3, 0.4) is 0 Å². The molecule has 0 heterocycles. The van der Waals surface area contributed by atoms with Crippen molar-refractivity contribution in [3.63, 3.8) is 0 Å². The van der Waals surface area contributed by atoms with Gasteiger partial charge >= 0.3 is 0 Å². The zero-order valence-electron chi connectivity index (χ0n) is 9.12. The summed E-state index contributed by atoms with van der Waals surface area (Å²) in [4.78, 5) is 0. The van der Waals surface area contributed by atoms with Gasteiger partial charge in [-0.15, -0.1) is 12.3 Å². The lowest BCUT2D eigenvalue weighted by Gasteiger charge is -2.13. The van der Waals surface area contributed by atoms with E-state index >= 15 is 0 Å². The highest BCUT2D eigenvalue weighted by Crippen LogP contribution is 2.21. The van der Waals surface area contributed by atoms with Crippen molar-refractivity contribution >= 4 is 11.6 Å². The molecule has 0 aromatic heterocycles. The fourth-order valence-corrected chi connectivity index (χ4v) is 1.67. The van der Waals surface area contributed by atoms with E-state index in [-0.39, 0.29) is 0 Å². The van der Waals surface area contributed by atoms with Gasteiger partial charge in [-0.05, 0) is 19.0 Å². The first-order chi connectivity index (χ1) is 7.75. The van der Waals surface area contributed by atoms with Crippen molar-refractivity contribution < 1.29 is 5.11 Å². The Kier molecular flexibility index (Phi) is 5.95. The number of terminal acetylenes is 1. The zero-order chi connectivity index (χ0) is 11.8. The normalized spacial score (nSPS) is 12.1. The number of halogens is 1. The Bertz CT molecular complexity index is 359. The molecular weight excluding hydrogens is 222 g/mol. The molecule has 0 amide bonds. The third-order valence-electron chi connectivity index (χ3n) is 2.28. The number of aliphatic hydroxyl groups excluding tert-OH is 1. The van der Waals surface area contributed by atoms with Gasteiger partial charge < -0.3 is 10.4 Å². The average molecular weight is 238 g/mol. The smallest absolute Gasteiger partial charge is 0.0928 e. The molecule has 0 radical (unpaired) electrons. The van der Waals surface area contributed by atoms with Crippen LogP contribution in [0.5, 0.6) is 0 Å². The van der Waals surface area contributed by atoms with Gasteiger partial charge in [0.15, 0.2) is 0 Å². The molecule has 1 aromatic carbocycles. The quantitative estimate of drug-likeness (QED) is 0.588. The van der Waals surface area contributed by atoms with E-state index in [9.17, 15) is 5.11 Å². The van der Waals surface area contributed by atoms with E-state index in [1.807, 2.05) is 18.2 Å². The third-order valence-corrected chi connectivity index (χ3v) is 2.62. The lowest BCUT2D eigenvalue weighted by molar-refractivity contribution is 0.175. The Morgan fingerprint density at radius 1 is 1.44 bits per heavy atom. The fourth-order valence-electron chi connectivity index (χ4n) is 1.41. The van der Waals surface area contributed by atoms with E-state index in [2.05, 4.69) is 11.2 Å². The molecule has 1 atom stereocenters. The first-order valence-electron chi connectivity index (χ1n) is 5.32. The summed E-state index contributed by atoms with van der Waals surface area (Å²) in [6.07, 6.45) is 6.25. The Hall–Kier alpha value is -1.01. The molecule has 0 fully saturated rings. The third kappa shape index (κ3) is 4.24. The number of aliphatic hydroxyl groups is 1. The topological polar surface area (TPSA) is 32.3 Å². The number of nitrogens with one attached hydrogen (secondary N) is 1. The maximum Gasteiger partial charge on any atom is 0.0928 e. The summed E-state index contributed by atoms with van der Waals surface area (Å²) in [6.45, 7) is 1.31. The van der Waals surface area contributed by atoms with Gasteiger partial charge in [-0.25, -0.2) is 0 Å². The summed E-state index contributed by atoms with van der Waals surface area (Å²) in [7, 11) is 0. The van der Waals surface area contributed by atoms with Crippen LogP contribution in [0, 0.1) is 12.3 Å². The largest absolute Gasteiger partial charge is 0.387 e. The molecule has 1 rings (SSSR count). The first-order valence-corrected chi connectivity index (χ1v) is 5.70. The minimum absolute atomic E-state index is 0.494. The summed E-state index contributed by atoms with van der Waals surface area (Å²) in [5.74, 6) is 2.57. The van der Waals surface area contributed by atoms with E-state index in [1.54, 1.807) is 6.07 Å². The maximum absolute atomic E-state index is 9.87. The molecule has 3 heteroatoms. The number of hydrogen-bond acceptors (Lipinski definition) is 2. The lowest BCUT2D eigenvalue weighted by Crippen LogP contribution is -2.22. The van der Waals surface area contributed by atoms with Crippen molar-refractivity contribution in [2.24, 2.45) is 0 Å². The van der Waals surface area contributed by atoms with E-state index in [4.69, 9.17) is 18.0 Å². The van der Waals surface area contributed by atoms with Gasteiger partial charge in [-0.2, -0.15) is 0 Å². The molecule has 0 saturated carbocycles. The van der Waals surface area contributed by atoms with Gasteiger partial charge in [-0.3, -0.25) is 0 Å². The molecule has 1 unspecified atom stereocenters. The van der Waals surface area contributed by atoms with Crippen LogP contribution in [-0.4, -0.2) is 18.2 Å². The molecule has 1 aromatic rings. The second kappa shape index (κ2) is 7.29. The van der Waals surface area contributed by atoms with Crippen LogP contribution in [0.15, 0.2) is 24.3 Å². The van der Waals surface area contributed by atoms with Gasteiger partial charge in [0.1, 0.15) is 0 Å². The highest BCUT2D eigenvalue weighted by atomic mass is 35.5. The van der Waals surface area contributed by atoms with Crippen LogP contribution in [0.1, 0.15) is 24.5 Å². The number of hydrogen-bond donors (Lipinski definition) is 2. The lowest BCUT2D eigenvalue weighted by atomic mass is 10.1. The average Bonchev–Trinajstić information content (AvgIpc) is 2.29. The molecule has 0 saturated heterocycles. The second-order valence-electron chi connectivity index (χ2n) is 3.55. The predicted octanol–water partition coefficient (Wildman–Crippen LogP) is 2.38. The van der Waals surface area contributed by atoms with Crippen molar-refractivity contribution in [3.05, 3.63) is 34.9 Å². The van der Waals surface area contributed by atoms with Gasteiger partial charge in [0, 0.05) is 23.6 Å². The molecule has 0 aliphatic carbocycles. The Morgan fingerprint density at radius 2 is 2.19 bits per heavy atom. The van der Waals surface area contributed by atoms with Crippen LogP contribution >= 0.6 is 11.6 Å². The molecule has 0 aliphatic rings. The number of unbranched alkanes of at least 4 members (excludes halogenated alkanes) is 1. The monoisotopic (exact) mass is 237 g/mol. The molecule has 86 valence electrons. The van der Waals surface area contributed by atoms with Crippen LogP contribution in [0.25, 0.3) is 0 Å². The minimum atomic E-state index is -0.570. The van der Waals surface area contributed by atoms with Gasteiger partial charge in [0.2, 0.25) is 0 Å². The van der Waals surface area contributed by atoms with Crippen LogP contribution in [0.2, 0.25) is 5.02 Å². The van der Waals surface area contributed by atoms with Gasteiger partial charge in [-0.1, -0.05) is 29.8 Å². The first kappa shape index (κ1) is 13.1. The highest BCUT2D eigenvalue weighted by Gasteiger charge is 2.09. The summed E-state index contributed by atoms with van der Waals surface area (Å²) < 4.78 is 0. The van der Waals surface area contributed by atoms with E-state index in [1.165, 1.54) is 0 Å². The maximum atomic E-state index is 9.87. The Labute approximate surface area is 102 Å². The molecule has 0 spiro atoms. The predicted molar refractivity (Wildman–Crippen MR) is 67.3 cm³/mol. The summed E-state index contributed by atoms with van der Waals surface area (Å²) in [5.41, 5.74) is 0.758. The van der Waals surface area contributed by atoms with Crippen LogP contribution in [-0.2, 0) is 0 Å². The fraction of sp³-hybridized carbons (Fsp3) is 0.385. The standard InChI is InChI=1S/C13H16ClNO/c1-2-3-6-9-15-10-13(16)11-7-4-5-8-12(11)14/h1,4-5,7-8,13,15-16H,3,6,9-10H2. The zero-order valence-corrected chi connectivity index (χ0v) is 9.87. The van der Waals surface area contributed by atoms with Crippen molar-refractivity contribution in [3.8, 4) is 12.3 Å². The van der Waals surface area contributed by atoms with Crippen LogP contribution in [0.4, 0.5) is 0 Å². The Balaban J connectivity index is 2.33. The van der Waals surface area contributed by atoms with Crippen molar-refractivity contribution in [2.45, 2.75) is 18.9 Å². The van der Waals surface area contributed by atoms with Gasteiger partial charge in [0.05, 0.1) is 6.10 Å². The Morgan fingerprint density at radius 3 is 2.88 bits per heavy atom. The molecule has 2 nitrogen and oxygen atoms in total. The molecule has 0 aliphatic heterocycles. The van der Waals surface area contributed by atoms with Crippen molar-refractivity contribution in [1.29, 1.82) is 0 Å². The van der Waals surface area contributed by atoms with Crippen molar-refractivity contribution in [2.75, 3.05) is 13.1 Å². The van der Waals surface area contributed by atoms with Crippen molar-refractivity contribution in [1.82, 2.24) is 5.32 Å². The molecule has 16 heavy (non-hydrogen) atoms. The number of benzene rings is 1. The minimum Gasteiger partial charge on any atom is -0.387 e. The van der Waals surface area contributed by atoms with Crippen LogP contribution < -0.4 is 5.32 Å². The highest BCUT2D eigenvalue weighted by molar-refractivity contribution is 6.31. The molecule has 0 bridgehead atoms. The molecular formula is C13H16ClNO.